The van der Waals surface area contributed by atoms with Crippen molar-refractivity contribution in [2.24, 2.45) is 0 Å². The zero-order valence-electron chi connectivity index (χ0n) is 9.95. The molecular weight excluding hydrogens is 260 g/mol. The largest absolute Gasteiger partial charge is 0.300 e. The summed E-state index contributed by atoms with van der Waals surface area (Å²) in [4.78, 5) is 7.91. The second-order valence-electron chi connectivity index (χ2n) is 3.64. The normalized spacial score (nSPS) is 13.4. The number of thiol groups is 1. The molecule has 8 heteroatoms. The average molecular weight is 276 g/mol. The van der Waals surface area contributed by atoms with Gasteiger partial charge in [-0.3, -0.25) is 9.62 Å². The fourth-order valence-electron chi connectivity index (χ4n) is 1.17. The third-order valence-corrected chi connectivity index (χ3v) is 3.55. The molecule has 1 rings (SSSR count). The fraction of sp³-hybridized carbons (Fsp3) is 0.556. The second-order valence-corrected chi connectivity index (χ2v) is 6.43. The van der Waals surface area contributed by atoms with Crippen LogP contribution in [0, 0.1) is 0 Å². The van der Waals surface area contributed by atoms with Gasteiger partial charge in [0.2, 0.25) is 10.0 Å². The Kier molecular flexibility index (Phi) is 4.72. The molecule has 0 saturated carbocycles. The Hall–Kier alpha value is -0.860. The average Bonchev–Trinajstić information content (AvgIpc) is 2.24. The second kappa shape index (κ2) is 5.65. The van der Waals surface area contributed by atoms with E-state index in [9.17, 15) is 8.42 Å². The monoisotopic (exact) mass is 276 g/mol. The van der Waals surface area contributed by atoms with E-state index in [1.54, 1.807) is 0 Å². The minimum Gasteiger partial charge on any atom is -0.300 e. The summed E-state index contributed by atoms with van der Waals surface area (Å²) in [7, 11) is -1.84. The van der Waals surface area contributed by atoms with Gasteiger partial charge in [-0.05, 0) is 6.92 Å². The maximum Gasteiger partial charge on any atom is 0.232 e. The Labute approximate surface area is 107 Å². The Morgan fingerprint density at radius 1 is 1.59 bits per heavy atom. The number of aromatic nitrogens is 2. The lowest BCUT2D eigenvalue weighted by molar-refractivity contribution is 0.599. The molecule has 0 spiro atoms. The Balaban J connectivity index is 3.00. The molecule has 0 aliphatic rings. The molecule has 0 fully saturated rings. The van der Waals surface area contributed by atoms with Gasteiger partial charge in [-0.15, -0.1) is 0 Å². The van der Waals surface area contributed by atoms with E-state index in [2.05, 4.69) is 27.9 Å². The smallest absolute Gasteiger partial charge is 0.232 e. The summed E-state index contributed by atoms with van der Waals surface area (Å²) in [5, 5.41) is 3.06. The molecule has 0 saturated heterocycles. The van der Waals surface area contributed by atoms with Crippen molar-refractivity contribution >= 4 is 28.3 Å². The lowest BCUT2D eigenvalue weighted by Crippen LogP contribution is -2.28. The van der Waals surface area contributed by atoms with Crippen molar-refractivity contribution in [3.63, 3.8) is 0 Å². The summed E-state index contributed by atoms with van der Waals surface area (Å²) < 4.78 is 24.1. The first-order valence-corrected chi connectivity index (χ1v) is 7.33. The molecule has 0 aromatic carbocycles. The number of anilines is 1. The number of hydrogen-bond donors (Lipinski definition) is 2. The van der Waals surface area contributed by atoms with Crippen LogP contribution in [-0.4, -0.2) is 37.1 Å². The molecule has 0 amide bonds. The van der Waals surface area contributed by atoms with E-state index in [0.717, 1.165) is 10.6 Å². The zero-order valence-corrected chi connectivity index (χ0v) is 11.7. The molecule has 17 heavy (non-hydrogen) atoms. The summed E-state index contributed by atoms with van der Waals surface area (Å²) >= 11 is 4.18. The van der Waals surface area contributed by atoms with Crippen LogP contribution in [0.1, 0.15) is 12.6 Å². The molecule has 96 valence electrons. The Bertz CT molecular complexity index is 476. The van der Waals surface area contributed by atoms with Gasteiger partial charge in [-0.1, -0.05) is 0 Å². The predicted octanol–water partition coefficient (Wildman–Crippen LogP) is 0.238. The van der Waals surface area contributed by atoms with E-state index in [1.807, 2.05) is 6.92 Å². The van der Waals surface area contributed by atoms with E-state index < -0.39 is 10.0 Å². The highest BCUT2D eigenvalue weighted by Gasteiger charge is 2.16. The molecule has 1 aromatic heterocycles. The molecule has 0 radical (unpaired) electrons. The molecule has 1 atom stereocenters. The fourth-order valence-corrected chi connectivity index (χ4v) is 1.77. The van der Waals surface area contributed by atoms with E-state index in [0.29, 0.717) is 17.9 Å². The molecule has 0 aliphatic heterocycles. The molecule has 1 aromatic rings. The number of rotatable bonds is 5. The Morgan fingerprint density at radius 3 is 2.76 bits per heavy atom. The SMILES string of the molecule is CC(S)NCc1ncncc1N(C)S(C)(=O)=O. The zero-order chi connectivity index (χ0) is 13.1. The van der Waals surface area contributed by atoms with Crippen molar-refractivity contribution in [3.8, 4) is 0 Å². The molecule has 0 aliphatic carbocycles. The van der Waals surface area contributed by atoms with Gasteiger partial charge in [0.25, 0.3) is 0 Å². The van der Waals surface area contributed by atoms with Gasteiger partial charge in [-0.25, -0.2) is 18.4 Å². The molecule has 6 nitrogen and oxygen atoms in total. The standard InChI is InChI=1S/C9H16N4O2S2/c1-7(16)11-4-8-9(5-10-6-12-8)13(2)17(3,14)15/h5-7,11,16H,4H2,1-3H3. The van der Waals surface area contributed by atoms with Crippen LogP contribution < -0.4 is 9.62 Å². The first-order chi connectivity index (χ1) is 7.82. The maximum atomic E-state index is 11.5. The number of hydrogen-bond acceptors (Lipinski definition) is 6. The van der Waals surface area contributed by atoms with Crippen LogP contribution >= 0.6 is 12.6 Å². The van der Waals surface area contributed by atoms with Crippen molar-refractivity contribution in [1.29, 1.82) is 0 Å². The molecule has 1 heterocycles. The summed E-state index contributed by atoms with van der Waals surface area (Å²) in [5.74, 6) is 0. The minimum atomic E-state index is -3.31. The van der Waals surface area contributed by atoms with E-state index in [4.69, 9.17) is 0 Å². The van der Waals surface area contributed by atoms with Gasteiger partial charge in [0.05, 0.1) is 23.8 Å². The highest BCUT2D eigenvalue weighted by atomic mass is 32.2. The maximum absolute atomic E-state index is 11.5. The van der Waals surface area contributed by atoms with Crippen molar-refractivity contribution in [3.05, 3.63) is 18.2 Å². The third kappa shape index (κ3) is 4.14. The van der Waals surface area contributed by atoms with Crippen LogP contribution in [-0.2, 0) is 16.6 Å². The summed E-state index contributed by atoms with van der Waals surface area (Å²) in [6, 6.07) is 0. The van der Waals surface area contributed by atoms with Gasteiger partial charge in [0, 0.05) is 19.0 Å². The summed E-state index contributed by atoms with van der Waals surface area (Å²) in [6.07, 6.45) is 4.01. The van der Waals surface area contributed by atoms with Crippen LogP contribution in [0.15, 0.2) is 12.5 Å². The first kappa shape index (κ1) is 14.2. The molecular formula is C9H16N4O2S2. The molecule has 0 bridgehead atoms. The molecule has 1 N–H and O–H groups in total. The number of nitrogens with one attached hydrogen (secondary N) is 1. The summed E-state index contributed by atoms with van der Waals surface area (Å²) in [5.41, 5.74) is 1.09. The molecule has 1 unspecified atom stereocenters. The third-order valence-electron chi connectivity index (χ3n) is 2.17. The lowest BCUT2D eigenvalue weighted by atomic mass is 10.3. The van der Waals surface area contributed by atoms with Crippen molar-refractivity contribution < 1.29 is 8.42 Å². The first-order valence-electron chi connectivity index (χ1n) is 4.96. The van der Waals surface area contributed by atoms with E-state index >= 15 is 0 Å². The van der Waals surface area contributed by atoms with Gasteiger partial charge in [0.1, 0.15) is 6.33 Å². The predicted molar refractivity (Wildman–Crippen MR) is 70.6 cm³/mol. The van der Waals surface area contributed by atoms with E-state index in [-0.39, 0.29) is 5.37 Å². The van der Waals surface area contributed by atoms with Crippen LogP contribution in [0.2, 0.25) is 0 Å². The number of sulfonamides is 1. The number of nitrogens with zero attached hydrogens (tertiary/aromatic N) is 3. The lowest BCUT2D eigenvalue weighted by Gasteiger charge is -2.19. The highest BCUT2D eigenvalue weighted by Crippen LogP contribution is 2.18. The van der Waals surface area contributed by atoms with Gasteiger partial charge >= 0.3 is 0 Å². The highest BCUT2D eigenvalue weighted by molar-refractivity contribution is 7.92. The quantitative estimate of drug-likeness (QED) is 0.595. The topological polar surface area (TPSA) is 75.2 Å². The van der Waals surface area contributed by atoms with Crippen LogP contribution in [0.25, 0.3) is 0 Å². The van der Waals surface area contributed by atoms with Crippen LogP contribution in [0.5, 0.6) is 0 Å². The van der Waals surface area contributed by atoms with Crippen LogP contribution in [0.3, 0.4) is 0 Å². The van der Waals surface area contributed by atoms with Gasteiger partial charge < -0.3 is 0 Å². The van der Waals surface area contributed by atoms with Gasteiger partial charge in [-0.2, -0.15) is 12.6 Å². The minimum absolute atomic E-state index is 0.00125. The Morgan fingerprint density at radius 2 is 2.24 bits per heavy atom. The van der Waals surface area contributed by atoms with Gasteiger partial charge in [0.15, 0.2) is 0 Å². The van der Waals surface area contributed by atoms with Crippen molar-refractivity contribution in [2.75, 3.05) is 17.6 Å². The van der Waals surface area contributed by atoms with Crippen molar-refractivity contribution in [2.45, 2.75) is 18.8 Å². The summed E-state index contributed by atoms with van der Waals surface area (Å²) in [6.45, 7) is 2.31. The van der Waals surface area contributed by atoms with Crippen molar-refractivity contribution in [1.82, 2.24) is 15.3 Å². The van der Waals surface area contributed by atoms with Crippen LogP contribution in [0.4, 0.5) is 5.69 Å². The van der Waals surface area contributed by atoms with E-state index in [1.165, 1.54) is 19.6 Å².